The van der Waals surface area contributed by atoms with E-state index >= 15 is 0 Å². The predicted molar refractivity (Wildman–Crippen MR) is 76.1 cm³/mol. The molecular weight excluding hydrogens is 312 g/mol. The van der Waals surface area contributed by atoms with Crippen LogP contribution in [-0.2, 0) is 24.5 Å². The van der Waals surface area contributed by atoms with Gasteiger partial charge >= 0.3 is 5.97 Å². The molecule has 22 heavy (non-hydrogen) atoms. The minimum Gasteiger partial charge on any atom is -0.468 e. The van der Waals surface area contributed by atoms with Crippen molar-refractivity contribution in [2.45, 2.75) is 11.8 Å². The minimum absolute atomic E-state index is 0.0129. The maximum atomic E-state index is 12.6. The van der Waals surface area contributed by atoms with Crippen LogP contribution >= 0.6 is 11.6 Å². The van der Waals surface area contributed by atoms with Crippen molar-refractivity contribution < 1.29 is 23.9 Å². The first-order valence-electron chi connectivity index (χ1n) is 6.25. The van der Waals surface area contributed by atoms with Crippen LogP contribution in [0.3, 0.4) is 0 Å². The Bertz CT molecular complexity index is 702. The zero-order valence-electron chi connectivity index (χ0n) is 11.9. The van der Waals surface area contributed by atoms with Crippen molar-refractivity contribution in [3.8, 4) is 0 Å². The largest absolute Gasteiger partial charge is 0.468 e. The lowest BCUT2D eigenvalue weighted by Crippen LogP contribution is -2.58. The molecule has 0 aliphatic carbocycles. The molecule has 1 aromatic rings. The summed E-state index contributed by atoms with van der Waals surface area (Å²) in [5.74, 6) is -3.41. The van der Waals surface area contributed by atoms with Crippen LogP contribution < -0.4 is 5.73 Å². The number of likely N-dealkylation sites (N-methyl/N-ethyl adjacent to an activating group) is 1. The van der Waals surface area contributed by atoms with Crippen molar-refractivity contribution in [2.24, 2.45) is 5.73 Å². The van der Waals surface area contributed by atoms with Gasteiger partial charge in [-0.05, 0) is 12.1 Å². The quantitative estimate of drug-likeness (QED) is 0.487. The summed E-state index contributed by atoms with van der Waals surface area (Å²) in [5.41, 5.74) is 3.16. The van der Waals surface area contributed by atoms with Crippen LogP contribution in [0.2, 0.25) is 5.02 Å². The SMILES string of the molecule is COC(=O)C1(CC(N)=O)C(=O)N(C)C(=O)c2cccc(Cl)c21. The predicted octanol–water partition coefficient (Wildman–Crippen LogP) is 0.238. The molecule has 0 saturated carbocycles. The van der Waals surface area contributed by atoms with Gasteiger partial charge in [-0.2, -0.15) is 0 Å². The molecule has 1 unspecified atom stereocenters. The highest BCUT2D eigenvalue weighted by Crippen LogP contribution is 2.42. The molecule has 116 valence electrons. The van der Waals surface area contributed by atoms with Crippen LogP contribution in [0, 0.1) is 0 Å². The van der Waals surface area contributed by atoms with Gasteiger partial charge in [0.1, 0.15) is 0 Å². The fraction of sp³-hybridized carbons (Fsp3) is 0.286. The molecule has 7 nitrogen and oxygen atoms in total. The van der Waals surface area contributed by atoms with E-state index in [9.17, 15) is 19.2 Å². The minimum atomic E-state index is -2.06. The molecule has 0 fully saturated rings. The normalized spacial score (nSPS) is 20.6. The fourth-order valence-electron chi connectivity index (χ4n) is 2.66. The van der Waals surface area contributed by atoms with Gasteiger partial charge in [-0.15, -0.1) is 0 Å². The number of imide groups is 1. The number of hydrogen-bond donors (Lipinski definition) is 1. The first-order valence-corrected chi connectivity index (χ1v) is 6.63. The second-order valence-corrected chi connectivity index (χ2v) is 5.28. The van der Waals surface area contributed by atoms with E-state index in [-0.39, 0.29) is 16.1 Å². The van der Waals surface area contributed by atoms with Gasteiger partial charge in [0.15, 0.2) is 5.41 Å². The number of primary amides is 1. The number of halogens is 1. The Morgan fingerprint density at radius 1 is 1.36 bits per heavy atom. The van der Waals surface area contributed by atoms with Gasteiger partial charge in [-0.3, -0.25) is 24.1 Å². The number of amides is 3. The van der Waals surface area contributed by atoms with Gasteiger partial charge < -0.3 is 10.5 Å². The first-order chi connectivity index (χ1) is 10.3. The molecule has 0 spiro atoms. The number of ether oxygens (including phenoxy) is 1. The fourth-order valence-corrected chi connectivity index (χ4v) is 3.00. The summed E-state index contributed by atoms with van der Waals surface area (Å²) in [5, 5.41) is 0.0129. The van der Waals surface area contributed by atoms with Crippen molar-refractivity contribution in [2.75, 3.05) is 14.2 Å². The maximum Gasteiger partial charge on any atom is 0.326 e. The molecule has 1 aliphatic heterocycles. The third-order valence-electron chi connectivity index (χ3n) is 3.62. The second kappa shape index (κ2) is 5.42. The van der Waals surface area contributed by atoms with E-state index in [2.05, 4.69) is 0 Å². The molecule has 8 heteroatoms. The number of carbonyl (C=O) groups excluding carboxylic acids is 4. The van der Waals surface area contributed by atoms with Crippen LogP contribution in [0.5, 0.6) is 0 Å². The molecule has 2 rings (SSSR count). The summed E-state index contributed by atoms with van der Waals surface area (Å²) in [7, 11) is 2.29. The molecule has 1 atom stereocenters. The zero-order chi connectivity index (χ0) is 16.7. The average molecular weight is 325 g/mol. The molecule has 2 N–H and O–H groups in total. The van der Waals surface area contributed by atoms with Crippen molar-refractivity contribution in [3.05, 3.63) is 34.3 Å². The van der Waals surface area contributed by atoms with Crippen LogP contribution in [0.15, 0.2) is 18.2 Å². The van der Waals surface area contributed by atoms with E-state index in [0.29, 0.717) is 0 Å². The molecule has 0 bridgehead atoms. The number of hydrogen-bond acceptors (Lipinski definition) is 5. The smallest absolute Gasteiger partial charge is 0.326 e. The Kier molecular flexibility index (Phi) is 3.93. The summed E-state index contributed by atoms with van der Waals surface area (Å²) in [6, 6.07) is 4.35. The van der Waals surface area contributed by atoms with Crippen molar-refractivity contribution in [1.29, 1.82) is 0 Å². The molecule has 1 aliphatic rings. The number of carbonyl (C=O) groups is 4. The summed E-state index contributed by atoms with van der Waals surface area (Å²) >= 11 is 6.11. The van der Waals surface area contributed by atoms with Crippen molar-refractivity contribution >= 4 is 35.3 Å². The molecule has 0 radical (unpaired) electrons. The number of benzene rings is 1. The van der Waals surface area contributed by atoms with Crippen LogP contribution in [0.1, 0.15) is 22.3 Å². The van der Waals surface area contributed by atoms with Gasteiger partial charge in [0.25, 0.3) is 11.8 Å². The first kappa shape index (κ1) is 16.0. The van der Waals surface area contributed by atoms with E-state index in [1.807, 2.05) is 0 Å². The highest BCUT2D eigenvalue weighted by molar-refractivity contribution is 6.34. The van der Waals surface area contributed by atoms with E-state index in [1.54, 1.807) is 0 Å². The maximum absolute atomic E-state index is 12.6. The highest BCUT2D eigenvalue weighted by Gasteiger charge is 2.57. The van der Waals surface area contributed by atoms with Crippen LogP contribution in [0.25, 0.3) is 0 Å². The van der Waals surface area contributed by atoms with Gasteiger partial charge in [0.2, 0.25) is 5.91 Å². The summed E-state index contributed by atoms with van der Waals surface area (Å²) in [6.45, 7) is 0. The monoisotopic (exact) mass is 324 g/mol. The van der Waals surface area contributed by atoms with E-state index in [4.69, 9.17) is 22.1 Å². The molecular formula is C14H13ClN2O5. The number of nitrogens with zero attached hydrogens (tertiary/aromatic N) is 1. The standard InChI is InChI=1S/C14H13ClN2O5/c1-17-11(19)7-4-3-5-8(15)10(7)14(12(17)20,6-9(16)18)13(21)22-2/h3-5H,6H2,1-2H3,(H2,16,18). The highest BCUT2D eigenvalue weighted by atomic mass is 35.5. The lowest BCUT2D eigenvalue weighted by atomic mass is 9.71. The number of methoxy groups -OCH3 is 1. The van der Waals surface area contributed by atoms with Crippen LogP contribution in [-0.4, -0.2) is 42.7 Å². The topological polar surface area (TPSA) is 107 Å². The number of nitrogens with two attached hydrogens (primary N) is 1. The summed E-state index contributed by atoms with van der Waals surface area (Å²) < 4.78 is 4.70. The molecule has 0 aromatic heterocycles. The summed E-state index contributed by atoms with van der Waals surface area (Å²) in [4.78, 5) is 49.5. The Balaban J connectivity index is 2.89. The third-order valence-corrected chi connectivity index (χ3v) is 3.93. The van der Waals surface area contributed by atoms with E-state index in [0.717, 1.165) is 12.0 Å². The second-order valence-electron chi connectivity index (χ2n) is 4.87. The number of esters is 1. The lowest BCUT2D eigenvalue weighted by molar-refractivity contribution is -0.157. The van der Waals surface area contributed by atoms with E-state index < -0.39 is 35.5 Å². The van der Waals surface area contributed by atoms with Crippen LogP contribution in [0.4, 0.5) is 0 Å². The van der Waals surface area contributed by atoms with Gasteiger partial charge in [0, 0.05) is 23.2 Å². The third kappa shape index (κ3) is 2.05. The molecule has 1 aromatic carbocycles. The Morgan fingerprint density at radius 2 is 2.00 bits per heavy atom. The summed E-state index contributed by atoms with van der Waals surface area (Å²) in [6.07, 6.45) is -0.646. The molecule has 0 saturated heterocycles. The lowest BCUT2D eigenvalue weighted by Gasteiger charge is -2.38. The Labute approximate surface area is 131 Å². The van der Waals surface area contributed by atoms with Crippen molar-refractivity contribution in [1.82, 2.24) is 4.90 Å². The van der Waals surface area contributed by atoms with Gasteiger partial charge in [-0.25, -0.2) is 0 Å². The number of rotatable bonds is 3. The Hall–Kier alpha value is -2.41. The van der Waals surface area contributed by atoms with E-state index in [1.165, 1.54) is 25.2 Å². The molecule has 1 heterocycles. The van der Waals surface area contributed by atoms with Gasteiger partial charge in [-0.1, -0.05) is 17.7 Å². The number of fused-ring (bicyclic) bond motifs is 1. The van der Waals surface area contributed by atoms with Crippen molar-refractivity contribution in [3.63, 3.8) is 0 Å². The van der Waals surface area contributed by atoms with Gasteiger partial charge in [0.05, 0.1) is 13.5 Å². The average Bonchev–Trinajstić information content (AvgIpc) is 2.48. The zero-order valence-corrected chi connectivity index (χ0v) is 12.6. The Morgan fingerprint density at radius 3 is 2.55 bits per heavy atom. The molecule has 3 amide bonds.